The first kappa shape index (κ1) is 22.4. The molecule has 3 aromatic rings. The van der Waals surface area contributed by atoms with Crippen molar-refractivity contribution in [1.29, 1.82) is 0 Å². The summed E-state index contributed by atoms with van der Waals surface area (Å²) in [4.78, 5) is 46.3. The first-order chi connectivity index (χ1) is 16.4. The number of thiophene rings is 1. The molecular formula is C24H26N4O5S. The van der Waals surface area contributed by atoms with E-state index in [0.717, 1.165) is 15.3 Å². The van der Waals surface area contributed by atoms with E-state index < -0.39 is 0 Å². The molecule has 0 radical (unpaired) electrons. The van der Waals surface area contributed by atoms with Gasteiger partial charge in [0, 0.05) is 48.6 Å². The SMILES string of the molecule is Cc1sc2ncn(CCC(=O)N3CCC(C(=O)Nc4ccc5c(c4)OCO5)CC3)c(=O)c2c1C. The maximum atomic E-state index is 12.8. The normalized spacial score (nSPS) is 15.6. The Kier molecular flexibility index (Phi) is 5.99. The van der Waals surface area contributed by atoms with Gasteiger partial charge in [0.1, 0.15) is 4.83 Å². The summed E-state index contributed by atoms with van der Waals surface area (Å²) in [6, 6.07) is 5.32. The molecule has 2 amide bonds. The lowest BCUT2D eigenvalue weighted by atomic mass is 9.95. The van der Waals surface area contributed by atoms with E-state index in [9.17, 15) is 14.4 Å². The number of hydrogen-bond acceptors (Lipinski definition) is 7. The van der Waals surface area contributed by atoms with Crippen LogP contribution < -0.4 is 20.3 Å². The van der Waals surface area contributed by atoms with Crippen molar-refractivity contribution in [3.05, 3.63) is 45.3 Å². The lowest BCUT2D eigenvalue weighted by Gasteiger charge is -2.31. The minimum atomic E-state index is -0.159. The van der Waals surface area contributed by atoms with E-state index in [0.29, 0.717) is 55.0 Å². The van der Waals surface area contributed by atoms with Crippen molar-refractivity contribution in [2.45, 2.75) is 39.7 Å². The number of nitrogens with zero attached hydrogens (tertiary/aromatic N) is 3. The van der Waals surface area contributed by atoms with E-state index in [1.807, 2.05) is 13.8 Å². The van der Waals surface area contributed by atoms with Gasteiger partial charge in [0.15, 0.2) is 11.5 Å². The molecule has 4 heterocycles. The molecule has 9 nitrogen and oxygen atoms in total. The molecule has 5 rings (SSSR count). The van der Waals surface area contributed by atoms with Crippen molar-refractivity contribution < 1.29 is 19.1 Å². The zero-order valence-corrected chi connectivity index (χ0v) is 19.9. The molecule has 2 aliphatic rings. The van der Waals surface area contributed by atoms with Crippen LogP contribution in [0.2, 0.25) is 0 Å². The molecule has 0 bridgehead atoms. The molecule has 2 aliphatic heterocycles. The van der Waals surface area contributed by atoms with Crippen LogP contribution in [0.5, 0.6) is 11.5 Å². The van der Waals surface area contributed by atoms with Gasteiger partial charge in [-0.25, -0.2) is 4.98 Å². The number of rotatable bonds is 5. The number of amides is 2. The number of nitrogens with one attached hydrogen (secondary N) is 1. The fraction of sp³-hybridized carbons (Fsp3) is 0.417. The third-order valence-electron chi connectivity index (χ3n) is 6.58. The van der Waals surface area contributed by atoms with Crippen molar-refractivity contribution in [2.24, 2.45) is 5.92 Å². The molecule has 34 heavy (non-hydrogen) atoms. The fourth-order valence-electron chi connectivity index (χ4n) is 4.41. The molecule has 1 N–H and O–H groups in total. The van der Waals surface area contributed by atoms with Crippen LogP contribution in [0.3, 0.4) is 0 Å². The van der Waals surface area contributed by atoms with Crippen LogP contribution in [-0.4, -0.2) is 46.1 Å². The van der Waals surface area contributed by atoms with Gasteiger partial charge in [-0.2, -0.15) is 0 Å². The molecule has 1 saturated heterocycles. The summed E-state index contributed by atoms with van der Waals surface area (Å²) in [5.41, 5.74) is 1.53. The highest BCUT2D eigenvalue weighted by atomic mass is 32.1. The number of aromatic nitrogens is 2. The molecule has 0 atom stereocenters. The Hall–Kier alpha value is -3.40. The Balaban J connectivity index is 1.14. The zero-order valence-electron chi connectivity index (χ0n) is 19.1. The van der Waals surface area contributed by atoms with Crippen molar-refractivity contribution in [3.63, 3.8) is 0 Å². The van der Waals surface area contributed by atoms with Gasteiger partial charge in [0.25, 0.3) is 5.56 Å². The third-order valence-corrected chi connectivity index (χ3v) is 7.70. The van der Waals surface area contributed by atoms with Crippen LogP contribution in [0.15, 0.2) is 29.3 Å². The molecule has 10 heteroatoms. The van der Waals surface area contributed by atoms with Gasteiger partial charge in [-0.3, -0.25) is 19.0 Å². The number of likely N-dealkylation sites (tertiary alicyclic amines) is 1. The summed E-state index contributed by atoms with van der Waals surface area (Å²) in [5, 5.41) is 3.58. The molecule has 1 fully saturated rings. The van der Waals surface area contributed by atoms with Gasteiger partial charge < -0.3 is 19.7 Å². The molecule has 2 aromatic heterocycles. The number of fused-ring (bicyclic) bond motifs is 2. The van der Waals surface area contributed by atoms with E-state index in [1.54, 1.807) is 23.1 Å². The maximum Gasteiger partial charge on any atom is 0.262 e. The maximum absolute atomic E-state index is 12.8. The monoisotopic (exact) mass is 482 g/mol. The number of anilines is 1. The molecule has 178 valence electrons. The summed E-state index contributed by atoms with van der Waals surface area (Å²) in [5.74, 6) is 1.06. The Labute approximate surface area is 200 Å². The number of carbonyl (C=O) groups is 2. The number of aryl methyl sites for hydroxylation is 3. The van der Waals surface area contributed by atoms with Crippen LogP contribution in [0.1, 0.15) is 29.7 Å². The van der Waals surface area contributed by atoms with Crippen LogP contribution in [0.25, 0.3) is 10.2 Å². The van der Waals surface area contributed by atoms with E-state index in [4.69, 9.17) is 9.47 Å². The van der Waals surface area contributed by atoms with Crippen LogP contribution in [-0.2, 0) is 16.1 Å². The summed E-state index contributed by atoms with van der Waals surface area (Å²) in [7, 11) is 0. The number of hydrogen-bond donors (Lipinski definition) is 1. The second-order valence-corrected chi connectivity index (χ2v) is 9.87. The highest BCUT2D eigenvalue weighted by Gasteiger charge is 2.27. The van der Waals surface area contributed by atoms with Gasteiger partial charge in [-0.05, 0) is 44.4 Å². The minimum Gasteiger partial charge on any atom is -0.454 e. The standard InChI is InChI=1S/C24H26N4O5S/c1-14-15(2)34-23-21(14)24(31)28(12-25-23)10-7-20(29)27-8-5-16(6-9-27)22(30)26-17-3-4-18-19(11-17)33-13-32-18/h3-4,11-12,16H,5-10,13H2,1-2H3,(H,26,30). The Morgan fingerprint density at radius 1 is 1.18 bits per heavy atom. The van der Waals surface area contributed by atoms with Gasteiger partial charge in [-0.15, -0.1) is 11.3 Å². The second-order valence-electron chi connectivity index (χ2n) is 8.67. The number of piperidine rings is 1. The lowest BCUT2D eigenvalue weighted by Crippen LogP contribution is -2.42. The fourth-order valence-corrected chi connectivity index (χ4v) is 5.40. The largest absolute Gasteiger partial charge is 0.454 e. The Morgan fingerprint density at radius 3 is 2.74 bits per heavy atom. The number of carbonyl (C=O) groups excluding carboxylic acids is 2. The Bertz CT molecular complexity index is 1320. The molecule has 0 unspecified atom stereocenters. The van der Waals surface area contributed by atoms with E-state index in [2.05, 4.69) is 10.3 Å². The van der Waals surface area contributed by atoms with Crippen molar-refractivity contribution in [2.75, 3.05) is 25.2 Å². The zero-order chi connectivity index (χ0) is 23.8. The second kappa shape index (κ2) is 9.09. The predicted octanol–water partition coefficient (Wildman–Crippen LogP) is 3.07. The van der Waals surface area contributed by atoms with Gasteiger partial charge in [0.2, 0.25) is 18.6 Å². The highest BCUT2D eigenvalue weighted by molar-refractivity contribution is 7.18. The van der Waals surface area contributed by atoms with Gasteiger partial charge >= 0.3 is 0 Å². The average Bonchev–Trinajstić information content (AvgIpc) is 3.42. The Morgan fingerprint density at radius 2 is 1.94 bits per heavy atom. The van der Waals surface area contributed by atoms with Crippen LogP contribution in [0.4, 0.5) is 5.69 Å². The number of benzene rings is 1. The lowest BCUT2D eigenvalue weighted by molar-refractivity contribution is -0.134. The summed E-state index contributed by atoms with van der Waals surface area (Å²) in [6.45, 7) is 5.43. The van der Waals surface area contributed by atoms with Gasteiger partial charge in [0.05, 0.1) is 11.7 Å². The molecule has 0 saturated carbocycles. The third kappa shape index (κ3) is 4.25. The molecule has 0 spiro atoms. The summed E-state index contributed by atoms with van der Waals surface area (Å²) >= 11 is 1.51. The highest BCUT2D eigenvalue weighted by Crippen LogP contribution is 2.34. The van der Waals surface area contributed by atoms with Crippen LogP contribution >= 0.6 is 11.3 Å². The van der Waals surface area contributed by atoms with Gasteiger partial charge in [-0.1, -0.05) is 0 Å². The summed E-state index contributed by atoms with van der Waals surface area (Å²) in [6.07, 6.45) is 2.95. The van der Waals surface area contributed by atoms with Crippen molar-refractivity contribution in [3.8, 4) is 11.5 Å². The van der Waals surface area contributed by atoms with Crippen LogP contribution in [0, 0.1) is 19.8 Å². The van der Waals surface area contributed by atoms with Crippen molar-refractivity contribution in [1.82, 2.24) is 14.5 Å². The summed E-state index contributed by atoms with van der Waals surface area (Å²) < 4.78 is 12.2. The predicted molar refractivity (Wildman–Crippen MR) is 128 cm³/mol. The van der Waals surface area contributed by atoms with E-state index >= 15 is 0 Å². The quantitative estimate of drug-likeness (QED) is 0.600. The smallest absolute Gasteiger partial charge is 0.262 e. The number of ether oxygens (including phenoxy) is 2. The minimum absolute atomic E-state index is 0.0140. The first-order valence-electron chi connectivity index (χ1n) is 11.3. The molecule has 0 aliphatic carbocycles. The van der Waals surface area contributed by atoms with Crippen molar-refractivity contribution >= 4 is 39.1 Å². The average molecular weight is 483 g/mol. The van der Waals surface area contributed by atoms with E-state index in [-0.39, 0.29) is 36.5 Å². The topological polar surface area (TPSA) is 103 Å². The van der Waals surface area contributed by atoms with E-state index in [1.165, 1.54) is 22.2 Å². The first-order valence-corrected chi connectivity index (χ1v) is 12.2. The molecule has 1 aromatic carbocycles. The molecular weight excluding hydrogens is 456 g/mol.